The molecule has 3 aromatic heterocycles. The molecule has 0 atom stereocenters. The average Bonchev–Trinajstić information content (AvgIpc) is 3.86. The molecule has 0 spiro atoms. The van der Waals surface area contributed by atoms with Crippen molar-refractivity contribution in [2.75, 3.05) is 0 Å². The van der Waals surface area contributed by atoms with Gasteiger partial charge in [-0.05, 0) is 95.1 Å². The van der Waals surface area contributed by atoms with Crippen LogP contribution in [0.2, 0.25) is 0 Å². The van der Waals surface area contributed by atoms with Gasteiger partial charge in [0.05, 0.1) is 22.1 Å². The van der Waals surface area contributed by atoms with Gasteiger partial charge < -0.3 is 9.13 Å². The molecule has 62 heavy (non-hydrogen) atoms. The van der Waals surface area contributed by atoms with Gasteiger partial charge in [0, 0.05) is 49.6 Å². The summed E-state index contributed by atoms with van der Waals surface area (Å²) in [4.78, 5) is 15.6. The van der Waals surface area contributed by atoms with Gasteiger partial charge in [0.25, 0.3) is 0 Å². The number of aromatic nitrogens is 5. The topological polar surface area (TPSA) is 48.5 Å². The summed E-state index contributed by atoms with van der Waals surface area (Å²) in [6, 6.07) is 79.3. The minimum absolute atomic E-state index is 0.622. The van der Waals surface area contributed by atoms with Crippen molar-refractivity contribution >= 4 is 43.6 Å². The normalized spacial score (nSPS) is 11.5. The molecule has 0 aliphatic rings. The minimum Gasteiger partial charge on any atom is -0.309 e. The molecule has 0 unspecified atom stereocenters. The van der Waals surface area contributed by atoms with Gasteiger partial charge in [0.1, 0.15) is 0 Å². The minimum atomic E-state index is 0.622. The fraction of sp³-hybridized carbons (Fsp3) is 0. The molecular weight excluding hydrogens is 755 g/mol. The lowest BCUT2D eigenvalue weighted by molar-refractivity contribution is 1.07. The fourth-order valence-corrected chi connectivity index (χ4v) is 9.00. The molecule has 0 N–H and O–H groups in total. The Hall–Kier alpha value is -8.41. The Morgan fingerprint density at radius 2 is 0.565 bits per heavy atom. The Morgan fingerprint density at radius 1 is 0.226 bits per heavy atom. The van der Waals surface area contributed by atoms with Crippen molar-refractivity contribution in [1.29, 1.82) is 0 Å². The summed E-state index contributed by atoms with van der Waals surface area (Å²) in [6.07, 6.45) is 0. The van der Waals surface area contributed by atoms with Crippen LogP contribution in [-0.2, 0) is 0 Å². The standard InChI is InChI=1S/C57H37N5/c1-6-16-38(17-7-1)41-26-30-47-49-34-43(28-32-51(49)61(53(47)36-41)45-22-12-4-13-23-45)56-58-55(40-20-10-3-11-21-40)59-57(60-56)44-29-33-52-50(35-44)48-31-27-42(39-18-8-2-9-19-39)37-54(48)62(52)46-24-14-5-15-25-46/h1-37H. The zero-order valence-electron chi connectivity index (χ0n) is 33.6. The van der Waals surface area contributed by atoms with E-state index in [2.05, 4.69) is 215 Å². The monoisotopic (exact) mass is 791 g/mol. The molecule has 5 heteroatoms. The van der Waals surface area contributed by atoms with Crippen LogP contribution in [0.1, 0.15) is 0 Å². The molecule has 0 saturated heterocycles. The van der Waals surface area contributed by atoms with Crippen molar-refractivity contribution in [1.82, 2.24) is 24.1 Å². The second kappa shape index (κ2) is 14.7. The maximum absolute atomic E-state index is 5.27. The zero-order valence-corrected chi connectivity index (χ0v) is 33.6. The van der Waals surface area contributed by atoms with E-state index in [1.807, 2.05) is 18.2 Å². The van der Waals surface area contributed by atoms with E-state index in [0.29, 0.717) is 17.5 Å². The number of rotatable bonds is 7. The van der Waals surface area contributed by atoms with E-state index in [4.69, 9.17) is 15.0 Å². The maximum Gasteiger partial charge on any atom is 0.164 e. The van der Waals surface area contributed by atoms with E-state index < -0.39 is 0 Å². The van der Waals surface area contributed by atoms with Crippen LogP contribution in [0.5, 0.6) is 0 Å². The molecule has 5 nitrogen and oxygen atoms in total. The molecule has 12 aromatic rings. The zero-order chi connectivity index (χ0) is 41.0. The van der Waals surface area contributed by atoms with Crippen molar-refractivity contribution in [2.24, 2.45) is 0 Å². The lowest BCUT2D eigenvalue weighted by Gasteiger charge is -2.10. The third-order valence-corrected chi connectivity index (χ3v) is 12.0. The molecule has 0 aliphatic heterocycles. The van der Waals surface area contributed by atoms with Gasteiger partial charge in [-0.3, -0.25) is 0 Å². The molecule has 0 fully saturated rings. The second-order valence-electron chi connectivity index (χ2n) is 15.7. The van der Waals surface area contributed by atoms with E-state index in [1.165, 1.54) is 33.0 Å². The van der Waals surface area contributed by atoms with Gasteiger partial charge in [-0.15, -0.1) is 0 Å². The Kier molecular flexibility index (Phi) is 8.42. The predicted molar refractivity (Wildman–Crippen MR) is 256 cm³/mol. The second-order valence-corrected chi connectivity index (χ2v) is 15.7. The van der Waals surface area contributed by atoms with Crippen LogP contribution in [0.25, 0.3) is 111 Å². The van der Waals surface area contributed by atoms with Gasteiger partial charge >= 0.3 is 0 Å². The van der Waals surface area contributed by atoms with Crippen LogP contribution in [0.4, 0.5) is 0 Å². The number of hydrogen-bond donors (Lipinski definition) is 0. The molecule has 290 valence electrons. The van der Waals surface area contributed by atoms with Gasteiger partial charge in [0.2, 0.25) is 0 Å². The van der Waals surface area contributed by atoms with E-state index in [0.717, 1.165) is 60.9 Å². The summed E-state index contributed by atoms with van der Waals surface area (Å²) < 4.78 is 4.72. The van der Waals surface area contributed by atoms with E-state index in [-0.39, 0.29) is 0 Å². The van der Waals surface area contributed by atoms with Crippen molar-refractivity contribution < 1.29 is 0 Å². The number of benzene rings is 9. The number of fused-ring (bicyclic) bond motifs is 6. The molecule has 0 amide bonds. The molecule has 3 heterocycles. The summed E-state index contributed by atoms with van der Waals surface area (Å²) in [5, 5.41) is 4.60. The fourth-order valence-electron chi connectivity index (χ4n) is 9.00. The Labute approximate surface area is 358 Å². The Morgan fingerprint density at radius 3 is 0.968 bits per heavy atom. The molecule has 0 radical (unpaired) electrons. The molecule has 9 aromatic carbocycles. The van der Waals surface area contributed by atoms with Gasteiger partial charge in [0.15, 0.2) is 17.5 Å². The number of para-hydroxylation sites is 2. The molecule has 0 saturated carbocycles. The van der Waals surface area contributed by atoms with Gasteiger partial charge in [-0.25, -0.2) is 15.0 Å². The van der Waals surface area contributed by atoms with Crippen molar-refractivity contribution in [3.63, 3.8) is 0 Å². The first-order valence-corrected chi connectivity index (χ1v) is 20.9. The van der Waals surface area contributed by atoms with Crippen LogP contribution in [-0.4, -0.2) is 24.1 Å². The van der Waals surface area contributed by atoms with E-state index in [1.54, 1.807) is 0 Å². The molecule has 0 aliphatic carbocycles. The summed E-state index contributed by atoms with van der Waals surface area (Å²) in [6.45, 7) is 0. The molecular formula is C57H37N5. The molecule has 0 bridgehead atoms. The van der Waals surface area contributed by atoms with Gasteiger partial charge in [-0.1, -0.05) is 152 Å². The largest absolute Gasteiger partial charge is 0.309 e. The highest BCUT2D eigenvalue weighted by molar-refractivity contribution is 6.12. The number of hydrogen-bond acceptors (Lipinski definition) is 3. The highest BCUT2D eigenvalue weighted by Gasteiger charge is 2.19. The summed E-state index contributed by atoms with van der Waals surface area (Å²) in [5.41, 5.74) is 14.2. The quantitative estimate of drug-likeness (QED) is 0.162. The Bertz CT molecular complexity index is 3380. The van der Waals surface area contributed by atoms with Gasteiger partial charge in [-0.2, -0.15) is 0 Å². The first-order chi connectivity index (χ1) is 30.7. The third-order valence-electron chi connectivity index (χ3n) is 12.0. The predicted octanol–water partition coefficient (Wildman–Crippen LogP) is 14.4. The molecule has 12 rings (SSSR count). The lowest BCUT2D eigenvalue weighted by atomic mass is 10.0. The van der Waals surface area contributed by atoms with Crippen LogP contribution < -0.4 is 0 Å². The smallest absolute Gasteiger partial charge is 0.164 e. The van der Waals surface area contributed by atoms with E-state index in [9.17, 15) is 0 Å². The van der Waals surface area contributed by atoms with E-state index >= 15 is 0 Å². The Balaban J connectivity index is 1.05. The van der Waals surface area contributed by atoms with Crippen LogP contribution in [0.15, 0.2) is 224 Å². The van der Waals surface area contributed by atoms with Crippen molar-refractivity contribution in [3.05, 3.63) is 224 Å². The van der Waals surface area contributed by atoms with Crippen LogP contribution >= 0.6 is 0 Å². The van der Waals surface area contributed by atoms with Crippen LogP contribution in [0.3, 0.4) is 0 Å². The maximum atomic E-state index is 5.27. The summed E-state index contributed by atoms with van der Waals surface area (Å²) in [5.74, 6) is 1.87. The van der Waals surface area contributed by atoms with Crippen molar-refractivity contribution in [2.45, 2.75) is 0 Å². The lowest BCUT2D eigenvalue weighted by Crippen LogP contribution is -2.00. The first-order valence-electron chi connectivity index (χ1n) is 20.9. The number of nitrogens with zero attached hydrogens (tertiary/aromatic N) is 5. The third kappa shape index (κ3) is 6.06. The summed E-state index contributed by atoms with van der Waals surface area (Å²) in [7, 11) is 0. The van der Waals surface area contributed by atoms with Crippen LogP contribution in [0, 0.1) is 0 Å². The van der Waals surface area contributed by atoms with Crippen molar-refractivity contribution in [3.8, 4) is 67.8 Å². The summed E-state index contributed by atoms with van der Waals surface area (Å²) >= 11 is 0. The highest BCUT2D eigenvalue weighted by Crippen LogP contribution is 2.39. The highest BCUT2D eigenvalue weighted by atomic mass is 15.0. The average molecular weight is 792 g/mol. The SMILES string of the molecule is c1ccc(-c2ccc3c4cc(-c5nc(-c6ccccc6)nc(-c6ccc7c(c6)c6ccc(-c8ccccc8)cc6n7-c6ccccc6)n5)ccc4n(-c4ccccc4)c3c2)cc1. The first kappa shape index (κ1) is 35.5.